The van der Waals surface area contributed by atoms with Crippen LogP contribution in [0.3, 0.4) is 0 Å². The maximum absolute atomic E-state index is 13.3. The van der Waals surface area contributed by atoms with Crippen molar-refractivity contribution in [2.45, 2.75) is 64.8 Å². The molecule has 0 aromatic heterocycles. The highest BCUT2D eigenvalue weighted by atomic mass is 32.2. The third kappa shape index (κ3) is 5.53. The number of thioether (sulfide) groups is 1. The number of aromatic hydroxyl groups is 1. The number of carboxylic acid groups (broad SMARTS) is 1. The van der Waals surface area contributed by atoms with E-state index in [0.29, 0.717) is 4.91 Å². The van der Waals surface area contributed by atoms with Gasteiger partial charge in [0, 0.05) is 17.5 Å². The number of carboxylic acids is 1. The van der Waals surface area contributed by atoms with Gasteiger partial charge >= 0.3 is 5.97 Å². The van der Waals surface area contributed by atoms with Crippen LogP contribution in [0.4, 0.5) is 0 Å². The van der Waals surface area contributed by atoms with E-state index in [1.165, 1.54) is 4.90 Å². The van der Waals surface area contributed by atoms with E-state index in [1.54, 1.807) is 6.08 Å². The number of benzene rings is 2. The van der Waals surface area contributed by atoms with Crippen molar-refractivity contribution in [2.75, 3.05) is 0 Å². The number of carbonyl (C=O) groups excluding carboxylic acids is 1. The maximum atomic E-state index is 13.3. The lowest BCUT2D eigenvalue weighted by Gasteiger charge is -2.28. The van der Waals surface area contributed by atoms with Crippen LogP contribution in [0, 0.1) is 0 Å². The largest absolute Gasteiger partial charge is 0.507 e. The number of aliphatic carboxylic acids is 1. The summed E-state index contributed by atoms with van der Waals surface area (Å²) in [5.74, 6) is -1.25. The monoisotopic (exact) mass is 497 g/mol. The quantitative estimate of drug-likeness (QED) is 0.397. The molecule has 1 amide bonds. The maximum Gasteiger partial charge on any atom is 0.327 e. The lowest BCUT2D eigenvalue weighted by atomic mass is 9.78. The van der Waals surface area contributed by atoms with E-state index in [2.05, 4.69) is 0 Å². The molecule has 0 saturated carbocycles. The first-order valence-electron chi connectivity index (χ1n) is 11.1. The van der Waals surface area contributed by atoms with Crippen molar-refractivity contribution in [2.24, 2.45) is 0 Å². The standard InChI is InChI=1S/C27H31NO4S2/c1-26(2,3)18-12-17(13-19(22(18)29)27(4,5)6)15-21-23(30)28(25(33)34-21)20(24(31)32)14-16-10-8-7-9-11-16/h7-13,15,20,29H,14H2,1-6H3,(H,31,32)/b21-15-. The number of phenols is 1. The van der Waals surface area contributed by atoms with E-state index in [-0.39, 0.29) is 27.3 Å². The molecule has 1 unspecified atom stereocenters. The van der Waals surface area contributed by atoms with Gasteiger partial charge in [-0.3, -0.25) is 9.69 Å². The molecule has 0 spiro atoms. The van der Waals surface area contributed by atoms with Crippen LogP contribution >= 0.6 is 24.0 Å². The predicted octanol–water partition coefficient (Wildman–Crippen LogP) is 5.88. The van der Waals surface area contributed by atoms with Crippen molar-refractivity contribution in [3.8, 4) is 5.75 Å². The summed E-state index contributed by atoms with van der Waals surface area (Å²) in [5, 5.41) is 20.8. The zero-order chi connectivity index (χ0) is 25.4. The summed E-state index contributed by atoms with van der Waals surface area (Å²) in [6.45, 7) is 12.2. The predicted molar refractivity (Wildman–Crippen MR) is 142 cm³/mol. The molecule has 7 heteroatoms. The number of amides is 1. The first-order chi connectivity index (χ1) is 15.7. The molecule has 1 aliphatic heterocycles. The third-order valence-electron chi connectivity index (χ3n) is 5.74. The van der Waals surface area contributed by atoms with E-state index in [0.717, 1.165) is 34.0 Å². The molecule has 180 valence electrons. The molecular weight excluding hydrogens is 466 g/mol. The van der Waals surface area contributed by atoms with Gasteiger partial charge in [-0.05, 0) is 40.2 Å². The van der Waals surface area contributed by atoms with E-state index in [1.807, 2.05) is 84.0 Å². The zero-order valence-electron chi connectivity index (χ0n) is 20.4. The fourth-order valence-corrected chi connectivity index (χ4v) is 5.27. The number of hydrogen-bond acceptors (Lipinski definition) is 5. The minimum Gasteiger partial charge on any atom is -0.507 e. The number of carbonyl (C=O) groups is 2. The van der Waals surface area contributed by atoms with Crippen LogP contribution in [0.2, 0.25) is 0 Å². The smallest absolute Gasteiger partial charge is 0.327 e. The van der Waals surface area contributed by atoms with Gasteiger partial charge in [0.25, 0.3) is 5.91 Å². The van der Waals surface area contributed by atoms with Gasteiger partial charge in [-0.25, -0.2) is 4.79 Å². The minimum atomic E-state index is -1.10. The lowest BCUT2D eigenvalue weighted by molar-refractivity contribution is -0.145. The molecule has 3 rings (SSSR count). The molecule has 1 fully saturated rings. The summed E-state index contributed by atoms with van der Waals surface area (Å²) in [5.41, 5.74) is 2.54. The highest BCUT2D eigenvalue weighted by molar-refractivity contribution is 8.26. The van der Waals surface area contributed by atoms with Crippen LogP contribution in [0.1, 0.15) is 63.8 Å². The molecule has 1 saturated heterocycles. The fraction of sp³-hybridized carbons (Fsp3) is 0.370. The number of phenolic OH excluding ortho intramolecular Hbond substituents is 1. The van der Waals surface area contributed by atoms with Crippen molar-refractivity contribution < 1.29 is 19.8 Å². The van der Waals surface area contributed by atoms with E-state index < -0.39 is 17.9 Å². The Hall–Kier alpha value is -2.64. The molecule has 0 bridgehead atoms. The number of thiocarbonyl (C=S) groups is 1. The molecule has 1 aliphatic rings. The average molecular weight is 498 g/mol. The van der Waals surface area contributed by atoms with E-state index in [4.69, 9.17) is 12.2 Å². The van der Waals surface area contributed by atoms with Gasteiger partial charge in [0.15, 0.2) is 0 Å². The molecule has 1 heterocycles. The molecule has 2 aromatic carbocycles. The minimum absolute atomic E-state index is 0.164. The van der Waals surface area contributed by atoms with Gasteiger partial charge < -0.3 is 10.2 Å². The number of rotatable bonds is 5. The second-order valence-corrected chi connectivity index (χ2v) is 12.2. The third-order valence-corrected chi connectivity index (χ3v) is 7.07. The summed E-state index contributed by atoms with van der Waals surface area (Å²) in [7, 11) is 0. The first kappa shape index (κ1) is 26.0. The lowest BCUT2D eigenvalue weighted by Crippen LogP contribution is -2.45. The molecule has 2 N–H and O–H groups in total. The van der Waals surface area contributed by atoms with Crippen LogP contribution in [0.15, 0.2) is 47.4 Å². The van der Waals surface area contributed by atoms with Crippen LogP contribution in [0.5, 0.6) is 5.75 Å². The summed E-state index contributed by atoms with van der Waals surface area (Å²) in [6.07, 6.45) is 1.90. The van der Waals surface area contributed by atoms with Gasteiger partial charge in [0.2, 0.25) is 0 Å². The summed E-state index contributed by atoms with van der Waals surface area (Å²) >= 11 is 6.54. The fourth-order valence-electron chi connectivity index (χ4n) is 3.91. The Kier molecular flexibility index (Phi) is 7.29. The van der Waals surface area contributed by atoms with Gasteiger partial charge in [-0.15, -0.1) is 0 Å². The molecule has 2 aromatic rings. The Balaban J connectivity index is 2.02. The molecule has 0 aliphatic carbocycles. The van der Waals surface area contributed by atoms with Crippen LogP contribution < -0.4 is 0 Å². The summed E-state index contributed by atoms with van der Waals surface area (Å²) in [4.78, 5) is 27.0. The van der Waals surface area contributed by atoms with Crippen LogP contribution in [-0.4, -0.2) is 37.4 Å². The van der Waals surface area contributed by atoms with Crippen molar-refractivity contribution in [1.29, 1.82) is 0 Å². The van der Waals surface area contributed by atoms with Crippen molar-refractivity contribution in [1.82, 2.24) is 4.90 Å². The van der Waals surface area contributed by atoms with E-state index in [9.17, 15) is 19.8 Å². The van der Waals surface area contributed by atoms with Crippen LogP contribution in [0.25, 0.3) is 6.08 Å². The number of hydrogen-bond donors (Lipinski definition) is 2. The van der Waals surface area contributed by atoms with Crippen molar-refractivity contribution in [3.05, 3.63) is 69.6 Å². The molecular formula is C27H31NO4S2. The highest BCUT2D eigenvalue weighted by Gasteiger charge is 2.40. The SMILES string of the molecule is CC(C)(C)c1cc(/C=C2\SC(=S)N(C(Cc3ccccc3)C(=O)O)C2=O)cc(C(C)(C)C)c1O. The summed E-state index contributed by atoms with van der Waals surface area (Å²) < 4.78 is 0.227. The Morgan fingerprint density at radius 2 is 1.59 bits per heavy atom. The Labute approximate surface area is 210 Å². The summed E-state index contributed by atoms with van der Waals surface area (Å²) in [6, 6.07) is 11.9. The van der Waals surface area contributed by atoms with Gasteiger partial charge in [0.1, 0.15) is 16.1 Å². The van der Waals surface area contributed by atoms with E-state index >= 15 is 0 Å². The van der Waals surface area contributed by atoms with Gasteiger partial charge in [-0.1, -0.05) is 95.9 Å². The second-order valence-electron chi connectivity index (χ2n) is 10.6. The molecule has 1 atom stereocenters. The Morgan fingerprint density at radius 3 is 2.06 bits per heavy atom. The molecule has 34 heavy (non-hydrogen) atoms. The second kappa shape index (κ2) is 9.55. The first-order valence-corrected chi connectivity index (χ1v) is 12.3. The van der Waals surface area contributed by atoms with Gasteiger partial charge in [0.05, 0.1) is 4.91 Å². The number of nitrogens with zero attached hydrogens (tertiary/aromatic N) is 1. The van der Waals surface area contributed by atoms with Crippen molar-refractivity contribution >= 4 is 46.3 Å². The highest BCUT2D eigenvalue weighted by Crippen LogP contribution is 2.41. The zero-order valence-corrected chi connectivity index (χ0v) is 22.0. The van der Waals surface area contributed by atoms with Crippen LogP contribution in [-0.2, 0) is 26.8 Å². The Morgan fingerprint density at radius 1 is 1.06 bits per heavy atom. The average Bonchev–Trinajstić information content (AvgIpc) is 2.99. The van der Waals surface area contributed by atoms with Gasteiger partial charge in [-0.2, -0.15) is 0 Å². The Bertz CT molecular complexity index is 1120. The molecule has 0 radical (unpaired) electrons. The van der Waals surface area contributed by atoms with Crippen molar-refractivity contribution in [3.63, 3.8) is 0 Å². The normalized spacial score (nSPS) is 16.9. The molecule has 5 nitrogen and oxygen atoms in total. The topological polar surface area (TPSA) is 77.8 Å².